The summed E-state index contributed by atoms with van der Waals surface area (Å²) < 4.78 is 32.8. The van der Waals surface area contributed by atoms with Crippen molar-refractivity contribution < 1.29 is 17.9 Å². The summed E-state index contributed by atoms with van der Waals surface area (Å²) in [5.41, 5.74) is 3.11. The highest BCUT2D eigenvalue weighted by Gasteiger charge is 2.18. The third kappa shape index (κ3) is 9.69. The largest absolute Gasteiger partial charge is 0.490 e. The summed E-state index contributed by atoms with van der Waals surface area (Å²) in [6, 6.07) is 13.2. The van der Waals surface area contributed by atoms with E-state index < -0.39 is 15.6 Å². The summed E-state index contributed by atoms with van der Waals surface area (Å²) >= 11 is 0. The molecule has 2 aromatic rings. The Balaban J connectivity index is 1.85. The van der Waals surface area contributed by atoms with Crippen LogP contribution in [0, 0.1) is 19.8 Å². The van der Waals surface area contributed by atoms with E-state index in [0.29, 0.717) is 12.1 Å². The van der Waals surface area contributed by atoms with Crippen molar-refractivity contribution in [3.05, 3.63) is 64.6 Å². The lowest BCUT2D eigenvalue weighted by Crippen LogP contribution is -2.39. The van der Waals surface area contributed by atoms with Crippen LogP contribution >= 0.6 is 0 Å². The van der Waals surface area contributed by atoms with Crippen molar-refractivity contribution in [1.29, 1.82) is 0 Å². The quantitative estimate of drug-likeness (QED) is 0.443. The summed E-state index contributed by atoms with van der Waals surface area (Å²) in [6.45, 7) is 13.4. The number of nitrogens with one attached hydrogen (secondary N) is 2. The van der Waals surface area contributed by atoms with Gasteiger partial charge in [-0.05, 0) is 95.3 Å². The van der Waals surface area contributed by atoms with Gasteiger partial charge >= 0.3 is 0 Å². The van der Waals surface area contributed by atoms with Crippen LogP contribution in [-0.4, -0.2) is 26.0 Å². The number of rotatable bonds is 10. The molecule has 0 spiro atoms. The van der Waals surface area contributed by atoms with Gasteiger partial charge in [0.15, 0.2) is 0 Å². The zero-order valence-electron chi connectivity index (χ0n) is 21.3. The molecule has 2 unspecified atom stereocenters. The maximum atomic E-state index is 12.6. The number of carbonyl (C=O) groups is 1. The molecule has 0 aromatic heterocycles. The van der Waals surface area contributed by atoms with Gasteiger partial charge in [-0.15, -0.1) is 0 Å². The van der Waals surface area contributed by atoms with Crippen LogP contribution in [0.1, 0.15) is 64.2 Å². The van der Waals surface area contributed by atoms with Crippen molar-refractivity contribution in [2.24, 2.45) is 5.92 Å². The minimum atomic E-state index is -3.53. The zero-order chi connectivity index (χ0) is 25.5. The normalized spacial score (nSPS) is 14.1. The second-order valence-corrected chi connectivity index (χ2v) is 11.6. The Morgan fingerprint density at radius 2 is 1.68 bits per heavy atom. The first-order valence-corrected chi connectivity index (χ1v) is 13.2. The maximum absolute atomic E-state index is 12.6. The molecule has 34 heavy (non-hydrogen) atoms. The van der Waals surface area contributed by atoms with Crippen LogP contribution in [0.5, 0.6) is 5.75 Å². The molecule has 2 aromatic carbocycles. The van der Waals surface area contributed by atoms with Crippen molar-refractivity contribution in [3.63, 3.8) is 0 Å². The van der Waals surface area contributed by atoms with Crippen LogP contribution in [0.15, 0.2) is 47.9 Å². The third-order valence-electron chi connectivity index (χ3n) is 5.19. The van der Waals surface area contributed by atoms with Gasteiger partial charge < -0.3 is 10.1 Å². The molecule has 6 nitrogen and oxygen atoms in total. The molecule has 0 aliphatic heterocycles. The highest BCUT2D eigenvalue weighted by Crippen LogP contribution is 2.22. The average Bonchev–Trinajstić information content (AvgIpc) is 2.72. The Morgan fingerprint density at radius 3 is 2.29 bits per heavy atom. The van der Waals surface area contributed by atoms with Gasteiger partial charge in [0.1, 0.15) is 5.75 Å². The van der Waals surface area contributed by atoms with Gasteiger partial charge in [-0.2, -0.15) is 0 Å². The molecule has 2 rings (SSSR count). The molecule has 2 N–H and O–H groups in total. The zero-order valence-corrected chi connectivity index (χ0v) is 22.1. The van der Waals surface area contributed by atoms with Crippen LogP contribution in [0.3, 0.4) is 0 Å². The number of hydrogen-bond acceptors (Lipinski definition) is 4. The van der Waals surface area contributed by atoms with Gasteiger partial charge in [-0.1, -0.05) is 31.2 Å². The van der Waals surface area contributed by atoms with Crippen molar-refractivity contribution in [1.82, 2.24) is 4.72 Å². The number of aryl methyl sites for hydroxylation is 2. The molecule has 0 fully saturated rings. The van der Waals surface area contributed by atoms with Gasteiger partial charge in [0.25, 0.3) is 0 Å². The van der Waals surface area contributed by atoms with Crippen molar-refractivity contribution in [2.45, 2.75) is 73.0 Å². The predicted octanol–water partition coefficient (Wildman–Crippen LogP) is 5.81. The highest BCUT2D eigenvalue weighted by atomic mass is 32.2. The van der Waals surface area contributed by atoms with Gasteiger partial charge in [0.05, 0.1) is 6.10 Å². The maximum Gasteiger partial charge on any atom is 0.234 e. The Kier molecular flexibility index (Phi) is 9.47. The number of hydrogen-bond donors (Lipinski definition) is 2. The Labute approximate surface area is 204 Å². The summed E-state index contributed by atoms with van der Waals surface area (Å²) in [6.07, 6.45) is 3.01. The first-order chi connectivity index (χ1) is 15.7. The summed E-state index contributed by atoms with van der Waals surface area (Å²) in [4.78, 5) is 12.6. The molecule has 7 heteroatoms. The standard InChI is InChI=1S/C27H38N2O4S/c1-19-8-9-20(2)25(18-19)33-22(4)11-10-21(3)26(30)28-24-14-12-23(13-15-24)16-17-34(31,32)29-27(5,6)7/h8-9,12-18,21-22,29H,10-11H2,1-7H3,(H,28,30)/b17-16+. The van der Waals surface area contributed by atoms with Crippen molar-refractivity contribution in [3.8, 4) is 5.75 Å². The molecule has 0 bridgehead atoms. The lowest BCUT2D eigenvalue weighted by Gasteiger charge is -2.19. The molecule has 1 amide bonds. The Bertz CT molecular complexity index is 1100. The van der Waals surface area contributed by atoms with Gasteiger partial charge in [0, 0.05) is 22.6 Å². The van der Waals surface area contributed by atoms with E-state index in [1.807, 2.05) is 33.8 Å². The van der Waals surface area contributed by atoms with Crippen LogP contribution in [0.4, 0.5) is 5.69 Å². The Hall–Kier alpha value is -2.64. The third-order valence-corrected chi connectivity index (χ3v) is 6.58. The minimum Gasteiger partial charge on any atom is -0.490 e. The summed E-state index contributed by atoms with van der Waals surface area (Å²) in [5, 5.41) is 4.08. The van der Waals surface area contributed by atoms with Crippen LogP contribution < -0.4 is 14.8 Å². The highest BCUT2D eigenvalue weighted by molar-refractivity contribution is 7.92. The summed E-state index contributed by atoms with van der Waals surface area (Å²) in [5.74, 6) is 0.665. The number of sulfonamides is 1. The van der Waals surface area contributed by atoms with E-state index in [1.165, 1.54) is 6.08 Å². The molecular formula is C27H38N2O4S. The van der Waals surface area contributed by atoms with E-state index >= 15 is 0 Å². The van der Waals surface area contributed by atoms with Crippen LogP contribution in [-0.2, 0) is 14.8 Å². The fourth-order valence-corrected chi connectivity index (χ4v) is 4.56. The molecular weight excluding hydrogens is 448 g/mol. The molecule has 0 aliphatic carbocycles. The summed E-state index contributed by atoms with van der Waals surface area (Å²) in [7, 11) is -3.53. The number of amides is 1. The molecule has 186 valence electrons. The Morgan fingerprint density at radius 1 is 1.03 bits per heavy atom. The van der Waals surface area contributed by atoms with Gasteiger partial charge in [-0.25, -0.2) is 13.1 Å². The lowest BCUT2D eigenvalue weighted by atomic mass is 10.0. The SMILES string of the molecule is Cc1ccc(C)c(OC(C)CCC(C)C(=O)Nc2ccc(/C=C/S(=O)(=O)NC(C)(C)C)cc2)c1. The van der Waals surface area contributed by atoms with Crippen molar-refractivity contribution >= 4 is 27.7 Å². The number of carbonyl (C=O) groups excluding carboxylic acids is 1. The average molecular weight is 487 g/mol. The molecule has 0 saturated heterocycles. The van der Waals surface area contributed by atoms with E-state index in [1.54, 1.807) is 45.0 Å². The fraction of sp³-hybridized carbons (Fsp3) is 0.444. The molecule has 0 heterocycles. The van der Waals surface area contributed by atoms with Gasteiger partial charge in [0.2, 0.25) is 15.9 Å². The first-order valence-electron chi connectivity index (χ1n) is 11.6. The topological polar surface area (TPSA) is 84.5 Å². The monoisotopic (exact) mass is 486 g/mol. The van der Waals surface area contributed by atoms with E-state index in [0.717, 1.165) is 34.3 Å². The smallest absolute Gasteiger partial charge is 0.234 e. The minimum absolute atomic E-state index is 0.00544. The molecule has 2 atom stereocenters. The molecule has 0 aliphatic rings. The molecule has 0 radical (unpaired) electrons. The van der Waals surface area contributed by atoms with Gasteiger partial charge in [-0.3, -0.25) is 4.79 Å². The number of ether oxygens (including phenoxy) is 1. The fourth-order valence-electron chi connectivity index (χ4n) is 3.30. The van der Waals surface area contributed by atoms with E-state index in [2.05, 4.69) is 22.2 Å². The van der Waals surface area contributed by atoms with Crippen molar-refractivity contribution in [2.75, 3.05) is 5.32 Å². The van der Waals surface area contributed by atoms with E-state index in [9.17, 15) is 13.2 Å². The van der Waals surface area contributed by atoms with E-state index in [4.69, 9.17) is 4.74 Å². The second kappa shape index (κ2) is 11.7. The second-order valence-electron chi connectivity index (χ2n) is 9.99. The molecule has 0 saturated carbocycles. The number of anilines is 1. The first kappa shape index (κ1) is 27.6. The van der Waals surface area contributed by atoms with Crippen LogP contribution in [0.2, 0.25) is 0 Å². The van der Waals surface area contributed by atoms with E-state index in [-0.39, 0.29) is 17.9 Å². The number of benzene rings is 2. The predicted molar refractivity (Wildman–Crippen MR) is 140 cm³/mol. The van der Waals surface area contributed by atoms with Crippen LogP contribution in [0.25, 0.3) is 6.08 Å². The lowest BCUT2D eigenvalue weighted by molar-refractivity contribution is -0.119.